The summed E-state index contributed by atoms with van der Waals surface area (Å²) < 4.78 is 13.3. The molecule has 0 aliphatic carbocycles. The Kier molecular flexibility index (Phi) is 2.01. The molecule has 0 amide bonds. The number of benzene rings is 1. The van der Waals surface area contributed by atoms with Crippen LogP contribution in [0.2, 0.25) is 0 Å². The zero-order valence-corrected chi connectivity index (χ0v) is 7.84. The third-order valence-electron chi connectivity index (χ3n) is 2.38. The van der Waals surface area contributed by atoms with Crippen molar-refractivity contribution in [2.45, 2.75) is 0 Å². The molecule has 0 spiro atoms. The van der Waals surface area contributed by atoms with Crippen molar-refractivity contribution in [2.75, 3.05) is 30.4 Å². The van der Waals surface area contributed by atoms with E-state index in [0.717, 1.165) is 24.5 Å². The van der Waals surface area contributed by atoms with Crippen LogP contribution in [0.25, 0.3) is 0 Å². The van der Waals surface area contributed by atoms with Crippen molar-refractivity contribution >= 4 is 11.4 Å². The van der Waals surface area contributed by atoms with Crippen molar-refractivity contribution in [1.29, 1.82) is 5.26 Å². The number of hydrogen-bond donors (Lipinski definition) is 1. The van der Waals surface area contributed by atoms with Crippen LogP contribution in [0.1, 0.15) is 5.56 Å². The second kappa shape index (κ2) is 3.18. The summed E-state index contributed by atoms with van der Waals surface area (Å²) >= 11 is 0. The van der Waals surface area contributed by atoms with Gasteiger partial charge in [-0.15, -0.1) is 0 Å². The van der Waals surface area contributed by atoms with E-state index in [9.17, 15) is 4.39 Å². The highest BCUT2D eigenvalue weighted by Crippen LogP contribution is 2.30. The normalized spacial score (nSPS) is 14.2. The first-order valence-electron chi connectivity index (χ1n) is 4.41. The quantitative estimate of drug-likeness (QED) is 0.676. The van der Waals surface area contributed by atoms with E-state index in [1.165, 1.54) is 6.07 Å². The van der Waals surface area contributed by atoms with E-state index >= 15 is 0 Å². The van der Waals surface area contributed by atoms with Crippen LogP contribution in [0.5, 0.6) is 0 Å². The highest BCUT2D eigenvalue weighted by molar-refractivity contribution is 5.73. The van der Waals surface area contributed by atoms with Crippen molar-refractivity contribution < 1.29 is 4.39 Å². The summed E-state index contributed by atoms with van der Waals surface area (Å²) in [6.45, 7) is 1.67. The number of nitrogens with zero attached hydrogens (tertiary/aromatic N) is 2. The molecule has 0 unspecified atom stereocenters. The molecule has 1 N–H and O–H groups in total. The van der Waals surface area contributed by atoms with Gasteiger partial charge in [-0.1, -0.05) is 0 Å². The number of fused-ring (bicyclic) bond motifs is 1. The van der Waals surface area contributed by atoms with E-state index in [1.807, 2.05) is 18.0 Å². The van der Waals surface area contributed by atoms with E-state index < -0.39 is 5.82 Å². The summed E-state index contributed by atoms with van der Waals surface area (Å²) in [7, 11) is 1.91. The Hall–Kier alpha value is -1.76. The molecule has 2 rings (SSSR count). The Morgan fingerprint density at radius 1 is 1.57 bits per heavy atom. The second-order valence-corrected chi connectivity index (χ2v) is 3.31. The predicted molar refractivity (Wildman–Crippen MR) is 52.9 cm³/mol. The minimum absolute atomic E-state index is 0.0894. The maximum absolute atomic E-state index is 13.3. The number of anilines is 2. The first-order chi connectivity index (χ1) is 6.72. The lowest BCUT2D eigenvalue weighted by Crippen LogP contribution is -2.30. The van der Waals surface area contributed by atoms with Crippen LogP contribution in [0.4, 0.5) is 15.8 Å². The molecule has 0 fully saturated rings. The molecule has 1 heterocycles. The molecule has 0 bridgehead atoms. The number of nitrogens with one attached hydrogen (secondary N) is 1. The number of likely N-dealkylation sites (N-methyl/N-ethyl adjacent to an activating group) is 1. The smallest absolute Gasteiger partial charge is 0.143 e. The van der Waals surface area contributed by atoms with Crippen molar-refractivity contribution in [3.05, 3.63) is 23.5 Å². The number of rotatable bonds is 0. The van der Waals surface area contributed by atoms with E-state index in [2.05, 4.69) is 5.32 Å². The summed E-state index contributed by atoms with van der Waals surface area (Å²) in [5.41, 5.74) is 1.73. The molecular weight excluding hydrogens is 181 g/mol. The van der Waals surface area contributed by atoms with Gasteiger partial charge in [-0.2, -0.15) is 5.26 Å². The largest absolute Gasteiger partial charge is 0.382 e. The Bertz CT molecular complexity index is 409. The molecule has 0 atom stereocenters. The van der Waals surface area contributed by atoms with Crippen LogP contribution in [-0.2, 0) is 0 Å². The van der Waals surface area contributed by atoms with Crippen LogP contribution in [0.3, 0.4) is 0 Å². The zero-order valence-electron chi connectivity index (χ0n) is 7.84. The Morgan fingerprint density at radius 3 is 3.07 bits per heavy atom. The fourth-order valence-electron chi connectivity index (χ4n) is 1.58. The minimum Gasteiger partial charge on any atom is -0.382 e. The van der Waals surface area contributed by atoms with Gasteiger partial charge >= 0.3 is 0 Å². The van der Waals surface area contributed by atoms with Crippen LogP contribution in [-0.4, -0.2) is 20.1 Å². The lowest BCUT2D eigenvalue weighted by molar-refractivity contribution is 0.623. The topological polar surface area (TPSA) is 39.1 Å². The van der Waals surface area contributed by atoms with Crippen molar-refractivity contribution in [3.8, 4) is 6.07 Å². The Labute approximate surface area is 81.8 Å². The van der Waals surface area contributed by atoms with Gasteiger partial charge in [0.1, 0.15) is 11.9 Å². The molecule has 0 aromatic heterocycles. The fraction of sp³-hybridized carbons (Fsp3) is 0.300. The fourth-order valence-corrected chi connectivity index (χ4v) is 1.58. The Balaban J connectivity index is 2.55. The van der Waals surface area contributed by atoms with E-state index in [0.29, 0.717) is 0 Å². The summed E-state index contributed by atoms with van der Waals surface area (Å²) in [5.74, 6) is -0.457. The number of hydrogen-bond acceptors (Lipinski definition) is 3. The molecule has 3 nitrogen and oxygen atoms in total. The first-order valence-corrected chi connectivity index (χ1v) is 4.41. The van der Waals surface area contributed by atoms with E-state index in [-0.39, 0.29) is 5.56 Å². The lowest BCUT2D eigenvalue weighted by atomic mass is 10.1. The highest BCUT2D eigenvalue weighted by atomic mass is 19.1. The molecule has 1 aliphatic heterocycles. The SMILES string of the molecule is CN1CCNc2cc(C#N)c(F)cc21. The second-order valence-electron chi connectivity index (χ2n) is 3.31. The van der Waals surface area contributed by atoms with Crippen molar-refractivity contribution in [3.63, 3.8) is 0 Å². The molecule has 0 saturated heterocycles. The third kappa shape index (κ3) is 1.27. The van der Waals surface area contributed by atoms with Crippen LogP contribution in [0.15, 0.2) is 12.1 Å². The maximum Gasteiger partial charge on any atom is 0.143 e. The molecule has 1 aliphatic rings. The van der Waals surface area contributed by atoms with Gasteiger partial charge < -0.3 is 10.2 Å². The van der Waals surface area contributed by atoms with Gasteiger partial charge in [0.05, 0.1) is 16.9 Å². The van der Waals surface area contributed by atoms with Gasteiger partial charge in [-0.3, -0.25) is 0 Å². The Morgan fingerprint density at radius 2 is 2.36 bits per heavy atom. The summed E-state index contributed by atoms with van der Waals surface area (Å²) in [6.07, 6.45) is 0. The number of halogens is 1. The van der Waals surface area contributed by atoms with Crippen LogP contribution >= 0.6 is 0 Å². The van der Waals surface area contributed by atoms with Crippen LogP contribution < -0.4 is 10.2 Å². The monoisotopic (exact) mass is 191 g/mol. The predicted octanol–water partition coefficient (Wildman–Crippen LogP) is 1.56. The average molecular weight is 191 g/mol. The van der Waals surface area contributed by atoms with Gasteiger partial charge in [0.25, 0.3) is 0 Å². The van der Waals surface area contributed by atoms with Gasteiger partial charge in [0.2, 0.25) is 0 Å². The van der Waals surface area contributed by atoms with Crippen LogP contribution in [0, 0.1) is 17.1 Å². The van der Waals surface area contributed by atoms with Crippen molar-refractivity contribution in [2.24, 2.45) is 0 Å². The maximum atomic E-state index is 13.3. The molecule has 72 valence electrons. The lowest BCUT2D eigenvalue weighted by Gasteiger charge is -2.28. The van der Waals surface area contributed by atoms with Gasteiger partial charge in [-0.25, -0.2) is 4.39 Å². The standard InChI is InChI=1S/C10H10FN3/c1-14-3-2-13-9-4-7(6-12)8(11)5-10(9)14/h4-5,13H,2-3H2,1H3. The minimum atomic E-state index is -0.457. The number of nitriles is 1. The van der Waals surface area contributed by atoms with Crippen molar-refractivity contribution in [1.82, 2.24) is 0 Å². The summed E-state index contributed by atoms with van der Waals surface area (Å²) in [5, 5.41) is 11.8. The summed E-state index contributed by atoms with van der Waals surface area (Å²) in [6, 6.07) is 4.79. The molecule has 0 saturated carbocycles. The molecule has 1 aromatic rings. The molecule has 14 heavy (non-hydrogen) atoms. The molecule has 4 heteroatoms. The first kappa shape index (κ1) is 8.82. The zero-order chi connectivity index (χ0) is 10.1. The van der Waals surface area contributed by atoms with Gasteiger partial charge in [0.15, 0.2) is 0 Å². The third-order valence-corrected chi connectivity index (χ3v) is 2.38. The molecule has 1 aromatic carbocycles. The average Bonchev–Trinajstić information content (AvgIpc) is 2.19. The molecule has 0 radical (unpaired) electrons. The highest BCUT2D eigenvalue weighted by Gasteiger charge is 2.16. The van der Waals surface area contributed by atoms with Gasteiger partial charge in [0, 0.05) is 26.2 Å². The van der Waals surface area contributed by atoms with E-state index in [1.54, 1.807) is 6.07 Å². The molecular formula is C10H10FN3. The summed E-state index contributed by atoms with van der Waals surface area (Å²) in [4.78, 5) is 1.97. The van der Waals surface area contributed by atoms with E-state index in [4.69, 9.17) is 5.26 Å². The van der Waals surface area contributed by atoms with Gasteiger partial charge in [-0.05, 0) is 6.07 Å².